The second-order valence-electron chi connectivity index (χ2n) is 4.15. The van der Waals surface area contributed by atoms with Crippen LogP contribution in [-0.2, 0) is 9.59 Å². The highest BCUT2D eigenvalue weighted by Crippen LogP contribution is 2.09. The van der Waals surface area contributed by atoms with Crippen molar-refractivity contribution in [2.24, 2.45) is 0 Å². The third-order valence-electron chi connectivity index (χ3n) is 2.72. The maximum atomic E-state index is 11.7. The van der Waals surface area contributed by atoms with E-state index < -0.39 is 17.9 Å². The van der Waals surface area contributed by atoms with E-state index in [-0.39, 0.29) is 11.1 Å². The van der Waals surface area contributed by atoms with Gasteiger partial charge in [-0.05, 0) is 38.1 Å². The number of benzene rings is 1. The van der Waals surface area contributed by atoms with E-state index in [0.29, 0.717) is 11.3 Å². The number of carbonyl (C=O) groups is 3. The molecule has 1 aromatic rings. The highest BCUT2D eigenvalue weighted by molar-refractivity contribution is 6.10. The standard InChI is InChI=1S/C14H13N3O4/c1-8(9(2)13(19)20)12(18)17-14(21)16-11-5-3-10(7-15)4-6-11/h3-6H,1-2H3,(H,19,20)(H2,16,17,18,21). The molecule has 0 aromatic heterocycles. The van der Waals surface area contributed by atoms with Gasteiger partial charge in [-0.1, -0.05) is 0 Å². The number of urea groups is 1. The lowest BCUT2D eigenvalue weighted by molar-refractivity contribution is -0.133. The molecule has 0 aliphatic carbocycles. The summed E-state index contributed by atoms with van der Waals surface area (Å²) in [7, 11) is 0. The topological polar surface area (TPSA) is 119 Å². The van der Waals surface area contributed by atoms with Crippen LogP contribution in [0.4, 0.5) is 10.5 Å². The Bertz CT molecular complexity index is 654. The number of hydrogen-bond donors (Lipinski definition) is 3. The molecule has 0 radical (unpaired) electrons. The van der Waals surface area contributed by atoms with Gasteiger partial charge in [-0.3, -0.25) is 10.1 Å². The van der Waals surface area contributed by atoms with Gasteiger partial charge in [-0.25, -0.2) is 9.59 Å². The van der Waals surface area contributed by atoms with E-state index in [1.54, 1.807) is 0 Å². The van der Waals surface area contributed by atoms with Gasteiger partial charge in [0.1, 0.15) is 0 Å². The number of carboxylic acid groups (broad SMARTS) is 1. The van der Waals surface area contributed by atoms with Crippen LogP contribution in [0.3, 0.4) is 0 Å². The summed E-state index contributed by atoms with van der Waals surface area (Å²) in [5.74, 6) is -2.02. The maximum Gasteiger partial charge on any atom is 0.331 e. The van der Waals surface area contributed by atoms with Crippen molar-refractivity contribution in [3.05, 3.63) is 41.0 Å². The van der Waals surface area contributed by atoms with E-state index >= 15 is 0 Å². The molecule has 7 nitrogen and oxygen atoms in total. The largest absolute Gasteiger partial charge is 0.478 e. The summed E-state index contributed by atoms with van der Waals surface area (Å²) < 4.78 is 0. The Labute approximate surface area is 120 Å². The number of aliphatic carboxylic acids is 1. The minimum absolute atomic E-state index is 0.0579. The second kappa shape index (κ2) is 6.86. The van der Waals surface area contributed by atoms with Crippen LogP contribution in [0, 0.1) is 11.3 Å². The molecule has 0 saturated carbocycles. The average molecular weight is 287 g/mol. The summed E-state index contributed by atoms with van der Waals surface area (Å²) in [6.45, 7) is 2.59. The van der Waals surface area contributed by atoms with Gasteiger partial charge in [0.05, 0.1) is 11.6 Å². The van der Waals surface area contributed by atoms with E-state index in [0.717, 1.165) is 0 Å². The zero-order chi connectivity index (χ0) is 16.0. The van der Waals surface area contributed by atoms with Crippen molar-refractivity contribution in [2.45, 2.75) is 13.8 Å². The van der Waals surface area contributed by atoms with Crippen molar-refractivity contribution in [2.75, 3.05) is 5.32 Å². The molecule has 0 saturated heterocycles. The zero-order valence-electron chi connectivity index (χ0n) is 11.4. The fourth-order valence-corrected chi connectivity index (χ4v) is 1.32. The molecule has 0 aliphatic heterocycles. The van der Waals surface area contributed by atoms with E-state index in [4.69, 9.17) is 10.4 Å². The van der Waals surface area contributed by atoms with E-state index in [1.807, 2.05) is 11.4 Å². The predicted molar refractivity (Wildman–Crippen MR) is 74.3 cm³/mol. The Morgan fingerprint density at radius 1 is 1.10 bits per heavy atom. The first kappa shape index (κ1) is 15.9. The number of nitrogens with zero attached hydrogens (tertiary/aromatic N) is 1. The molecule has 0 aliphatic rings. The quantitative estimate of drug-likeness (QED) is 0.730. The van der Waals surface area contributed by atoms with Crippen molar-refractivity contribution in [1.29, 1.82) is 5.26 Å². The number of amides is 3. The molecule has 0 atom stereocenters. The van der Waals surface area contributed by atoms with Gasteiger partial charge in [0.15, 0.2) is 0 Å². The highest BCUT2D eigenvalue weighted by Gasteiger charge is 2.15. The monoisotopic (exact) mass is 287 g/mol. The Morgan fingerprint density at radius 3 is 2.14 bits per heavy atom. The molecular weight excluding hydrogens is 274 g/mol. The molecular formula is C14H13N3O4. The Balaban J connectivity index is 2.69. The van der Waals surface area contributed by atoms with Gasteiger partial charge < -0.3 is 10.4 Å². The van der Waals surface area contributed by atoms with Crippen LogP contribution in [0.2, 0.25) is 0 Å². The second-order valence-corrected chi connectivity index (χ2v) is 4.15. The molecule has 0 bridgehead atoms. The maximum absolute atomic E-state index is 11.7. The molecule has 0 fully saturated rings. The molecule has 108 valence electrons. The Hall–Kier alpha value is -3.14. The smallest absolute Gasteiger partial charge is 0.331 e. The van der Waals surface area contributed by atoms with Crippen molar-refractivity contribution in [1.82, 2.24) is 5.32 Å². The fourth-order valence-electron chi connectivity index (χ4n) is 1.32. The molecule has 0 unspecified atom stereocenters. The summed E-state index contributed by atoms with van der Waals surface area (Å²) in [6, 6.07) is 7.18. The van der Waals surface area contributed by atoms with E-state index in [2.05, 4.69) is 5.32 Å². The number of carboxylic acids is 1. The molecule has 1 rings (SSSR count). The van der Waals surface area contributed by atoms with Gasteiger partial charge >= 0.3 is 12.0 Å². The lowest BCUT2D eigenvalue weighted by Gasteiger charge is -2.08. The van der Waals surface area contributed by atoms with Gasteiger partial charge in [-0.15, -0.1) is 0 Å². The van der Waals surface area contributed by atoms with Crippen LogP contribution in [0.1, 0.15) is 19.4 Å². The number of imide groups is 1. The van der Waals surface area contributed by atoms with Crippen LogP contribution in [0.25, 0.3) is 0 Å². The summed E-state index contributed by atoms with van der Waals surface area (Å²) in [4.78, 5) is 34.0. The third kappa shape index (κ3) is 4.47. The number of carbonyl (C=O) groups excluding carboxylic acids is 2. The van der Waals surface area contributed by atoms with Crippen molar-refractivity contribution >= 4 is 23.6 Å². The van der Waals surface area contributed by atoms with E-state index in [1.165, 1.54) is 38.1 Å². The van der Waals surface area contributed by atoms with Crippen LogP contribution in [-0.4, -0.2) is 23.0 Å². The van der Waals surface area contributed by atoms with Crippen molar-refractivity contribution < 1.29 is 19.5 Å². The predicted octanol–water partition coefficient (Wildman–Crippen LogP) is 1.63. The lowest BCUT2D eigenvalue weighted by atomic mass is 10.1. The molecule has 21 heavy (non-hydrogen) atoms. The SMILES string of the molecule is CC(C(=O)O)=C(C)C(=O)NC(=O)Nc1ccc(C#N)cc1. The Morgan fingerprint density at radius 2 is 1.67 bits per heavy atom. The lowest BCUT2D eigenvalue weighted by Crippen LogP contribution is -2.35. The van der Waals surface area contributed by atoms with Crippen LogP contribution < -0.4 is 10.6 Å². The number of nitriles is 1. The number of rotatable bonds is 3. The fraction of sp³-hybridized carbons (Fsp3) is 0.143. The summed E-state index contributed by atoms with van der Waals surface area (Å²) in [5, 5.41) is 21.8. The van der Waals surface area contributed by atoms with Gasteiger partial charge in [0.2, 0.25) is 0 Å². The molecule has 3 amide bonds. The summed E-state index contributed by atoms with van der Waals surface area (Å²) in [5.41, 5.74) is 0.639. The molecule has 1 aromatic carbocycles. The van der Waals surface area contributed by atoms with Gasteiger partial charge in [0.25, 0.3) is 5.91 Å². The number of hydrogen-bond acceptors (Lipinski definition) is 4. The minimum atomic E-state index is -1.23. The van der Waals surface area contributed by atoms with Gasteiger partial charge in [-0.2, -0.15) is 5.26 Å². The molecule has 3 N–H and O–H groups in total. The van der Waals surface area contributed by atoms with Crippen LogP contribution >= 0.6 is 0 Å². The molecule has 0 spiro atoms. The molecule has 7 heteroatoms. The first-order valence-electron chi connectivity index (χ1n) is 5.88. The number of nitrogens with one attached hydrogen (secondary N) is 2. The summed E-state index contributed by atoms with van der Waals surface area (Å²) in [6.07, 6.45) is 0. The van der Waals surface area contributed by atoms with Gasteiger partial charge in [0, 0.05) is 16.8 Å². The van der Waals surface area contributed by atoms with Crippen molar-refractivity contribution in [3.8, 4) is 6.07 Å². The third-order valence-corrected chi connectivity index (χ3v) is 2.72. The van der Waals surface area contributed by atoms with Crippen LogP contribution in [0.5, 0.6) is 0 Å². The van der Waals surface area contributed by atoms with Crippen LogP contribution in [0.15, 0.2) is 35.4 Å². The zero-order valence-corrected chi connectivity index (χ0v) is 11.4. The summed E-state index contributed by atoms with van der Waals surface area (Å²) >= 11 is 0. The minimum Gasteiger partial charge on any atom is -0.478 e. The highest BCUT2D eigenvalue weighted by atomic mass is 16.4. The average Bonchev–Trinajstić information content (AvgIpc) is 2.46. The first-order valence-corrected chi connectivity index (χ1v) is 5.88. The van der Waals surface area contributed by atoms with E-state index in [9.17, 15) is 14.4 Å². The molecule has 0 heterocycles. The first-order chi connectivity index (χ1) is 9.85. The Kier molecular flexibility index (Phi) is 5.20. The van der Waals surface area contributed by atoms with Crippen molar-refractivity contribution in [3.63, 3.8) is 0 Å². The normalized spacial score (nSPS) is 10.9. The number of anilines is 1.